The van der Waals surface area contributed by atoms with E-state index < -0.39 is 13.9 Å². The van der Waals surface area contributed by atoms with E-state index in [1.54, 1.807) is 0 Å². The molecule has 3 aromatic carbocycles. The third-order valence-corrected chi connectivity index (χ3v) is 7.15. The van der Waals surface area contributed by atoms with Crippen molar-refractivity contribution in [1.29, 1.82) is 0 Å². The summed E-state index contributed by atoms with van der Waals surface area (Å²) in [5, 5.41) is 0. The molecule has 3 aromatic rings. The second-order valence-electron chi connectivity index (χ2n) is 10.4. The van der Waals surface area contributed by atoms with Crippen LogP contribution in [0.2, 0.25) is 19.6 Å². The summed E-state index contributed by atoms with van der Waals surface area (Å²) in [6, 6.07) is 30.8. The zero-order valence-corrected chi connectivity index (χ0v) is 22.6. The van der Waals surface area contributed by atoms with Gasteiger partial charge in [0, 0.05) is 0 Å². The Kier molecular flexibility index (Phi) is 9.29. The molecule has 4 nitrogen and oxygen atoms in total. The number of rotatable bonds is 12. The lowest BCUT2D eigenvalue weighted by atomic mass is 9.85. The third-order valence-electron chi connectivity index (χ3n) is 6.13. The number of benzene rings is 3. The summed E-state index contributed by atoms with van der Waals surface area (Å²) >= 11 is 0. The monoisotopic (exact) mass is 502 g/mol. The summed E-state index contributed by atoms with van der Waals surface area (Å²) in [4.78, 5) is 0. The van der Waals surface area contributed by atoms with Crippen molar-refractivity contribution in [2.45, 2.75) is 63.7 Å². The van der Waals surface area contributed by atoms with Crippen molar-refractivity contribution in [1.82, 2.24) is 0 Å². The van der Waals surface area contributed by atoms with Crippen LogP contribution in [0, 0.1) is 0 Å². The number of ether oxygens (including phenoxy) is 3. The van der Waals surface area contributed by atoms with Gasteiger partial charge in [-0.2, -0.15) is 0 Å². The molecule has 0 heterocycles. The van der Waals surface area contributed by atoms with Crippen molar-refractivity contribution in [2.24, 2.45) is 0 Å². The van der Waals surface area contributed by atoms with E-state index >= 15 is 0 Å². The molecule has 0 fully saturated rings. The molecule has 1 aliphatic carbocycles. The zero-order valence-electron chi connectivity index (χ0n) is 21.6. The molecule has 0 bridgehead atoms. The highest BCUT2D eigenvalue weighted by atomic mass is 28.4. The van der Waals surface area contributed by atoms with Crippen LogP contribution in [0.25, 0.3) is 0 Å². The Morgan fingerprint density at radius 2 is 1.19 bits per heavy atom. The molecular formula is C31H38O4Si. The van der Waals surface area contributed by atoms with Crippen molar-refractivity contribution in [3.05, 3.63) is 120 Å². The molecule has 0 amide bonds. The molecule has 0 radical (unpaired) electrons. The summed E-state index contributed by atoms with van der Waals surface area (Å²) in [6.07, 6.45) is 4.45. The predicted molar refractivity (Wildman–Crippen MR) is 147 cm³/mol. The van der Waals surface area contributed by atoms with Crippen LogP contribution >= 0.6 is 0 Å². The van der Waals surface area contributed by atoms with Crippen molar-refractivity contribution >= 4 is 8.32 Å². The van der Waals surface area contributed by atoms with E-state index in [-0.39, 0.29) is 12.2 Å². The fourth-order valence-electron chi connectivity index (χ4n) is 4.63. The Hall–Kier alpha value is -2.54. The molecule has 190 valence electrons. The molecule has 4 rings (SSSR count). The first-order valence-corrected chi connectivity index (χ1v) is 16.1. The van der Waals surface area contributed by atoms with Gasteiger partial charge < -0.3 is 18.6 Å². The fraction of sp³-hybridized carbons (Fsp3) is 0.355. The van der Waals surface area contributed by atoms with Gasteiger partial charge in [0.05, 0.1) is 26.4 Å². The minimum absolute atomic E-state index is 0.251. The lowest BCUT2D eigenvalue weighted by Crippen LogP contribution is -2.60. The van der Waals surface area contributed by atoms with Crippen molar-refractivity contribution < 1.29 is 18.6 Å². The summed E-state index contributed by atoms with van der Waals surface area (Å²) in [5.74, 6) is 0. The van der Waals surface area contributed by atoms with Gasteiger partial charge in [-0.25, -0.2) is 0 Å². The first kappa shape index (κ1) is 26.5. The molecular weight excluding hydrogens is 464 g/mol. The Bertz CT molecular complexity index is 1070. The predicted octanol–water partition coefficient (Wildman–Crippen LogP) is 6.92. The smallest absolute Gasteiger partial charge is 0.184 e. The SMILES string of the molecule is C[Si](C)(C)O[C@]1(COCc2ccccc2)CC=C[C@@H](OCc2ccccc2)[C@@H]1OCc1ccccc1. The Morgan fingerprint density at radius 1 is 0.694 bits per heavy atom. The standard InChI is InChI=1S/C31H38O4Si/c1-36(2,3)35-31(25-32-22-26-14-7-4-8-15-26)21-13-20-29(33-23-27-16-9-5-10-17-27)30(31)34-24-28-18-11-6-12-19-28/h4-20,29-30H,21-25H2,1-3H3/t29-,30+,31+/m1/s1. The van der Waals surface area contributed by atoms with Gasteiger partial charge in [-0.05, 0) is 42.8 Å². The van der Waals surface area contributed by atoms with Gasteiger partial charge in [0.2, 0.25) is 0 Å². The Morgan fingerprint density at radius 3 is 1.72 bits per heavy atom. The summed E-state index contributed by atoms with van der Waals surface area (Å²) in [5.41, 5.74) is 2.77. The van der Waals surface area contributed by atoms with E-state index in [4.69, 9.17) is 18.6 Å². The molecule has 0 aliphatic heterocycles. The number of hydrogen-bond donors (Lipinski definition) is 0. The number of hydrogen-bond acceptors (Lipinski definition) is 4. The molecule has 0 saturated carbocycles. The zero-order chi connectivity index (χ0) is 25.3. The quantitative estimate of drug-likeness (QED) is 0.199. The van der Waals surface area contributed by atoms with Gasteiger partial charge in [0.1, 0.15) is 17.8 Å². The minimum Gasteiger partial charge on any atom is -0.407 e. The normalized spacial score (nSPS) is 22.0. The van der Waals surface area contributed by atoms with Crippen LogP contribution in [0.5, 0.6) is 0 Å². The first-order valence-electron chi connectivity index (χ1n) is 12.7. The molecule has 0 N–H and O–H groups in total. The van der Waals surface area contributed by atoms with Gasteiger partial charge in [-0.3, -0.25) is 0 Å². The van der Waals surface area contributed by atoms with Gasteiger partial charge in [-0.1, -0.05) is 103 Å². The van der Waals surface area contributed by atoms with Gasteiger partial charge >= 0.3 is 0 Å². The highest BCUT2D eigenvalue weighted by molar-refractivity contribution is 6.69. The molecule has 0 spiro atoms. The largest absolute Gasteiger partial charge is 0.407 e. The lowest BCUT2D eigenvalue weighted by Gasteiger charge is -2.47. The lowest BCUT2D eigenvalue weighted by molar-refractivity contribution is -0.182. The molecule has 0 saturated heterocycles. The highest BCUT2D eigenvalue weighted by Gasteiger charge is 2.49. The van der Waals surface area contributed by atoms with Gasteiger partial charge in [0.15, 0.2) is 8.32 Å². The maximum Gasteiger partial charge on any atom is 0.184 e. The molecule has 36 heavy (non-hydrogen) atoms. The van der Waals surface area contributed by atoms with Crippen LogP contribution in [-0.2, 0) is 38.5 Å². The minimum atomic E-state index is -1.96. The average Bonchev–Trinajstić information content (AvgIpc) is 2.88. The fourth-order valence-corrected chi connectivity index (χ4v) is 6.11. The van der Waals surface area contributed by atoms with Gasteiger partial charge in [0.25, 0.3) is 0 Å². The summed E-state index contributed by atoms with van der Waals surface area (Å²) in [6.45, 7) is 8.62. The van der Waals surface area contributed by atoms with E-state index in [1.807, 2.05) is 54.6 Å². The van der Waals surface area contributed by atoms with Crippen molar-refractivity contribution in [2.75, 3.05) is 6.61 Å². The van der Waals surface area contributed by atoms with Crippen LogP contribution in [0.15, 0.2) is 103 Å². The van der Waals surface area contributed by atoms with E-state index in [2.05, 4.69) is 68.2 Å². The Labute approximate surface area is 217 Å². The van der Waals surface area contributed by atoms with Crippen molar-refractivity contribution in [3.8, 4) is 0 Å². The summed E-state index contributed by atoms with van der Waals surface area (Å²) in [7, 11) is -1.96. The topological polar surface area (TPSA) is 36.9 Å². The second kappa shape index (κ2) is 12.6. The maximum atomic E-state index is 6.95. The maximum absolute atomic E-state index is 6.95. The molecule has 3 atom stereocenters. The highest BCUT2D eigenvalue weighted by Crippen LogP contribution is 2.36. The van der Waals surface area contributed by atoms with Crippen LogP contribution in [0.4, 0.5) is 0 Å². The van der Waals surface area contributed by atoms with E-state index in [0.717, 1.165) is 23.1 Å². The van der Waals surface area contributed by atoms with Crippen LogP contribution < -0.4 is 0 Å². The van der Waals surface area contributed by atoms with E-state index in [1.165, 1.54) is 0 Å². The van der Waals surface area contributed by atoms with E-state index in [0.29, 0.717) is 26.4 Å². The molecule has 5 heteroatoms. The van der Waals surface area contributed by atoms with E-state index in [9.17, 15) is 0 Å². The first-order chi connectivity index (χ1) is 17.4. The van der Waals surface area contributed by atoms with Crippen LogP contribution in [0.1, 0.15) is 23.1 Å². The molecule has 0 aromatic heterocycles. The molecule has 0 unspecified atom stereocenters. The van der Waals surface area contributed by atoms with Crippen molar-refractivity contribution in [3.63, 3.8) is 0 Å². The average molecular weight is 503 g/mol. The van der Waals surface area contributed by atoms with Gasteiger partial charge in [-0.15, -0.1) is 0 Å². The third kappa shape index (κ3) is 7.73. The Balaban J connectivity index is 1.57. The second-order valence-corrected chi connectivity index (χ2v) is 14.8. The van der Waals surface area contributed by atoms with Crippen LogP contribution in [-0.4, -0.2) is 32.7 Å². The molecule has 1 aliphatic rings. The summed E-state index contributed by atoms with van der Waals surface area (Å²) < 4.78 is 26.4. The van der Waals surface area contributed by atoms with Crippen LogP contribution in [0.3, 0.4) is 0 Å².